The molecule has 1 fully saturated rings. The van der Waals surface area contributed by atoms with E-state index in [4.69, 9.17) is 16.3 Å². The second kappa shape index (κ2) is 6.81. The fourth-order valence-electron chi connectivity index (χ4n) is 2.46. The number of benzene rings is 2. The molecule has 4 nitrogen and oxygen atoms in total. The van der Waals surface area contributed by atoms with Gasteiger partial charge in [0.1, 0.15) is 0 Å². The van der Waals surface area contributed by atoms with Crippen LogP contribution in [0.3, 0.4) is 0 Å². The summed E-state index contributed by atoms with van der Waals surface area (Å²) >= 11 is 6.12. The first-order valence-corrected chi connectivity index (χ1v) is 7.60. The quantitative estimate of drug-likeness (QED) is 0.943. The number of anilines is 2. The van der Waals surface area contributed by atoms with Crippen LogP contribution in [0, 0.1) is 0 Å². The molecular weight excluding hydrogens is 300 g/mol. The van der Waals surface area contributed by atoms with Crippen LogP contribution < -0.4 is 10.2 Å². The molecule has 1 aliphatic heterocycles. The molecule has 2 aromatic carbocycles. The minimum atomic E-state index is -0.127. The highest BCUT2D eigenvalue weighted by Gasteiger charge is 2.17. The second-order valence-electron chi connectivity index (χ2n) is 5.08. The average Bonchev–Trinajstić information content (AvgIpc) is 2.58. The minimum Gasteiger partial charge on any atom is -0.378 e. The highest BCUT2D eigenvalue weighted by molar-refractivity contribution is 6.31. The maximum Gasteiger partial charge on any atom is 0.255 e. The molecule has 0 aromatic heterocycles. The summed E-state index contributed by atoms with van der Waals surface area (Å²) in [6.07, 6.45) is 0. The minimum absolute atomic E-state index is 0.127. The Kier molecular flexibility index (Phi) is 4.61. The van der Waals surface area contributed by atoms with Crippen molar-refractivity contribution in [2.75, 3.05) is 36.5 Å². The van der Waals surface area contributed by atoms with E-state index in [9.17, 15) is 4.79 Å². The Bertz CT molecular complexity index is 655. The molecule has 0 bridgehead atoms. The van der Waals surface area contributed by atoms with Crippen molar-refractivity contribution in [3.8, 4) is 0 Å². The number of amides is 1. The fraction of sp³-hybridized carbons (Fsp3) is 0.235. The van der Waals surface area contributed by atoms with Crippen LogP contribution in [0.2, 0.25) is 5.02 Å². The summed E-state index contributed by atoms with van der Waals surface area (Å²) in [7, 11) is 0. The number of nitrogens with zero attached hydrogens (tertiary/aromatic N) is 1. The normalized spacial score (nSPS) is 14.7. The van der Waals surface area contributed by atoms with Gasteiger partial charge in [0.25, 0.3) is 5.91 Å². The van der Waals surface area contributed by atoms with Crippen molar-refractivity contribution >= 4 is 28.9 Å². The number of hydrogen-bond donors (Lipinski definition) is 1. The van der Waals surface area contributed by atoms with E-state index >= 15 is 0 Å². The van der Waals surface area contributed by atoms with Gasteiger partial charge in [-0.3, -0.25) is 4.79 Å². The third-order valence-electron chi connectivity index (χ3n) is 3.60. The van der Waals surface area contributed by atoms with Gasteiger partial charge < -0.3 is 15.0 Å². The molecule has 0 unspecified atom stereocenters. The number of hydrogen-bond acceptors (Lipinski definition) is 3. The third-order valence-corrected chi connectivity index (χ3v) is 3.83. The van der Waals surface area contributed by atoms with E-state index in [1.807, 2.05) is 30.3 Å². The number of morpholine rings is 1. The Hall–Kier alpha value is -2.04. The van der Waals surface area contributed by atoms with Crippen LogP contribution in [0.4, 0.5) is 11.4 Å². The first-order chi connectivity index (χ1) is 10.7. The van der Waals surface area contributed by atoms with E-state index in [2.05, 4.69) is 10.2 Å². The summed E-state index contributed by atoms with van der Waals surface area (Å²) in [5.41, 5.74) is 2.32. The predicted octanol–water partition coefficient (Wildman–Crippen LogP) is 3.43. The monoisotopic (exact) mass is 316 g/mol. The lowest BCUT2D eigenvalue weighted by Crippen LogP contribution is -2.36. The van der Waals surface area contributed by atoms with Crippen molar-refractivity contribution in [3.63, 3.8) is 0 Å². The summed E-state index contributed by atoms with van der Waals surface area (Å²) in [5, 5.41) is 3.62. The molecule has 0 radical (unpaired) electrons. The number of halogens is 1. The van der Waals surface area contributed by atoms with E-state index < -0.39 is 0 Å². The molecule has 1 saturated heterocycles. The van der Waals surface area contributed by atoms with Gasteiger partial charge in [-0.1, -0.05) is 29.8 Å². The largest absolute Gasteiger partial charge is 0.378 e. The Morgan fingerprint density at radius 3 is 2.55 bits per heavy atom. The molecule has 1 N–H and O–H groups in total. The summed E-state index contributed by atoms with van der Waals surface area (Å²) in [4.78, 5) is 14.5. The molecule has 3 rings (SSSR count). The average molecular weight is 317 g/mol. The Morgan fingerprint density at radius 2 is 1.82 bits per heavy atom. The highest BCUT2D eigenvalue weighted by Crippen LogP contribution is 2.30. The van der Waals surface area contributed by atoms with Gasteiger partial charge >= 0.3 is 0 Å². The van der Waals surface area contributed by atoms with Crippen molar-refractivity contribution in [1.82, 2.24) is 0 Å². The van der Waals surface area contributed by atoms with E-state index in [-0.39, 0.29) is 5.91 Å². The zero-order chi connectivity index (χ0) is 15.4. The zero-order valence-corrected chi connectivity index (χ0v) is 12.8. The van der Waals surface area contributed by atoms with Crippen molar-refractivity contribution < 1.29 is 9.53 Å². The Labute approximate surface area is 134 Å². The van der Waals surface area contributed by atoms with Crippen LogP contribution in [-0.4, -0.2) is 32.2 Å². The van der Waals surface area contributed by atoms with Gasteiger partial charge in [0.15, 0.2) is 0 Å². The van der Waals surface area contributed by atoms with Crippen LogP contribution >= 0.6 is 11.6 Å². The molecule has 0 aliphatic carbocycles. The van der Waals surface area contributed by atoms with Crippen LogP contribution in [0.15, 0.2) is 48.5 Å². The molecule has 1 heterocycles. The number of ether oxygens (including phenoxy) is 1. The zero-order valence-electron chi connectivity index (χ0n) is 12.1. The van der Waals surface area contributed by atoms with Crippen LogP contribution in [0.25, 0.3) is 0 Å². The van der Waals surface area contributed by atoms with Crippen LogP contribution in [0.1, 0.15) is 10.4 Å². The number of rotatable bonds is 3. The molecule has 5 heteroatoms. The molecule has 1 amide bonds. The maximum atomic E-state index is 12.3. The van der Waals surface area contributed by atoms with E-state index in [0.717, 1.165) is 24.5 Å². The van der Waals surface area contributed by atoms with E-state index in [1.165, 1.54) is 0 Å². The van der Waals surface area contributed by atoms with Gasteiger partial charge in [-0.25, -0.2) is 0 Å². The van der Waals surface area contributed by atoms with Gasteiger partial charge in [-0.2, -0.15) is 0 Å². The fourth-order valence-corrected chi connectivity index (χ4v) is 2.63. The molecule has 0 saturated carbocycles. The summed E-state index contributed by atoms with van der Waals surface area (Å²) in [5.74, 6) is -0.127. The van der Waals surface area contributed by atoms with Crippen LogP contribution in [-0.2, 0) is 4.74 Å². The van der Waals surface area contributed by atoms with Crippen molar-refractivity contribution in [3.05, 3.63) is 59.1 Å². The first-order valence-electron chi connectivity index (χ1n) is 7.23. The van der Waals surface area contributed by atoms with Gasteiger partial charge in [0.2, 0.25) is 0 Å². The summed E-state index contributed by atoms with van der Waals surface area (Å²) < 4.78 is 5.38. The lowest BCUT2D eigenvalue weighted by molar-refractivity contribution is 0.102. The van der Waals surface area contributed by atoms with Gasteiger partial charge in [-0.15, -0.1) is 0 Å². The maximum absolute atomic E-state index is 12.3. The van der Waals surface area contributed by atoms with E-state index in [1.54, 1.807) is 18.2 Å². The summed E-state index contributed by atoms with van der Waals surface area (Å²) in [6.45, 7) is 2.93. The SMILES string of the molecule is O=C(Nc1ccc(Cl)cc1N1CCOCC1)c1ccccc1. The molecule has 114 valence electrons. The molecular formula is C17H17ClN2O2. The first kappa shape index (κ1) is 14.9. The number of carbonyl (C=O) groups excluding carboxylic acids is 1. The molecule has 1 aliphatic rings. The van der Waals surface area contributed by atoms with Gasteiger partial charge in [0.05, 0.1) is 24.6 Å². The topological polar surface area (TPSA) is 41.6 Å². The van der Waals surface area contributed by atoms with Gasteiger partial charge in [0, 0.05) is 23.7 Å². The lowest BCUT2D eigenvalue weighted by atomic mass is 10.2. The Balaban J connectivity index is 1.85. The molecule has 0 atom stereocenters. The number of nitrogens with one attached hydrogen (secondary N) is 1. The second-order valence-corrected chi connectivity index (χ2v) is 5.52. The predicted molar refractivity (Wildman–Crippen MR) is 88.9 cm³/mol. The smallest absolute Gasteiger partial charge is 0.255 e. The van der Waals surface area contributed by atoms with Gasteiger partial charge in [-0.05, 0) is 30.3 Å². The van der Waals surface area contributed by atoms with E-state index in [0.29, 0.717) is 23.8 Å². The van der Waals surface area contributed by atoms with Crippen molar-refractivity contribution in [2.24, 2.45) is 0 Å². The standard InChI is InChI=1S/C17H17ClN2O2/c18-14-6-7-15(16(12-14)20-8-10-22-11-9-20)19-17(21)13-4-2-1-3-5-13/h1-7,12H,8-11H2,(H,19,21). The molecule has 22 heavy (non-hydrogen) atoms. The molecule has 0 spiro atoms. The van der Waals surface area contributed by atoms with Crippen molar-refractivity contribution in [1.29, 1.82) is 0 Å². The third kappa shape index (κ3) is 3.40. The Morgan fingerprint density at radius 1 is 1.09 bits per heavy atom. The number of carbonyl (C=O) groups is 1. The van der Waals surface area contributed by atoms with Crippen LogP contribution in [0.5, 0.6) is 0 Å². The summed E-state index contributed by atoms with van der Waals surface area (Å²) in [6, 6.07) is 14.7. The highest BCUT2D eigenvalue weighted by atomic mass is 35.5. The molecule has 2 aromatic rings. The van der Waals surface area contributed by atoms with Crippen molar-refractivity contribution in [2.45, 2.75) is 0 Å². The lowest BCUT2D eigenvalue weighted by Gasteiger charge is -2.30.